The van der Waals surface area contributed by atoms with Gasteiger partial charge in [-0.1, -0.05) is 12.1 Å². The summed E-state index contributed by atoms with van der Waals surface area (Å²) < 4.78 is 13.2. The molecule has 4 nitrogen and oxygen atoms in total. The molecule has 1 N–H and O–H groups in total. The van der Waals surface area contributed by atoms with Crippen LogP contribution in [-0.2, 0) is 0 Å². The van der Waals surface area contributed by atoms with E-state index in [1.165, 1.54) is 6.07 Å². The molecule has 5 heteroatoms. The Morgan fingerprint density at radius 3 is 2.62 bits per heavy atom. The second-order valence-electron chi connectivity index (χ2n) is 5.88. The number of benzene rings is 1. The quantitative estimate of drug-likeness (QED) is 0.930. The van der Waals surface area contributed by atoms with Crippen LogP contribution in [0.5, 0.6) is 0 Å². The Balaban J connectivity index is 1.85. The van der Waals surface area contributed by atoms with E-state index in [2.05, 4.69) is 5.32 Å². The summed E-state index contributed by atoms with van der Waals surface area (Å²) in [6.45, 7) is 3.58. The van der Waals surface area contributed by atoms with Crippen LogP contribution < -0.4 is 5.32 Å². The molecule has 1 atom stereocenters. The predicted octanol–water partition coefficient (Wildman–Crippen LogP) is 2.62. The SMILES string of the molecule is C[C@H](NC1CCN(C(=O)N(C)C)CC1)c1cccc(F)c1. The van der Waals surface area contributed by atoms with Gasteiger partial charge in [-0.15, -0.1) is 0 Å². The molecule has 0 bridgehead atoms. The van der Waals surface area contributed by atoms with Crippen molar-refractivity contribution in [3.05, 3.63) is 35.6 Å². The third kappa shape index (κ3) is 4.17. The lowest BCUT2D eigenvalue weighted by Crippen LogP contribution is -2.48. The number of urea groups is 1. The van der Waals surface area contributed by atoms with Crippen molar-refractivity contribution in [2.45, 2.75) is 31.8 Å². The maximum absolute atomic E-state index is 13.2. The first-order valence-corrected chi connectivity index (χ1v) is 7.45. The smallest absolute Gasteiger partial charge is 0.319 e. The Kier molecular flexibility index (Phi) is 5.17. The summed E-state index contributed by atoms with van der Waals surface area (Å²) in [6, 6.07) is 7.26. The summed E-state index contributed by atoms with van der Waals surface area (Å²) in [7, 11) is 3.55. The number of carbonyl (C=O) groups is 1. The molecule has 1 aromatic carbocycles. The molecular weight excluding hydrogens is 269 g/mol. The second-order valence-corrected chi connectivity index (χ2v) is 5.88. The molecule has 1 aromatic rings. The Morgan fingerprint density at radius 1 is 1.38 bits per heavy atom. The van der Waals surface area contributed by atoms with Gasteiger partial charge in [0.15, 0.2) is 0 Å². The van der Waals surface area contributed by atoms with Gasteiger partial charge in [-0.2, -0.15) is 0 Å². The highest BCUT2D eigenvalue weighted by atomic mass is 19.1. The van der Waals surface area contributed by atoms with E-state index >= 15 is 0 Å². The molecule has 0 aliphatic carbocycles. The van der Waals surface area contributed by atoms with Crippen LogP contribution in [0.1, 0.15) is 31.4 Å². The van der Waals surface area contributed by atoms with Crippen LogP contribution in [0.4, 0.5) is 9.18 Å². The number of nitrogens with one attached hydrogen (secondary N) is 1. The fourth-order valence-electron chi connectivity index (χ4n) is 2.75. The van der Waals surface area contributed by atoms with E-state index < -0.39 is 0 Å². The lowest BCUT2D eigenvalue weighted by Gasteiger charge is -2.35. The lowest BCUT2D eigenvalue weighted by molar-refractivity contribution is 0.151. The molecule has 1 saturated heterocycles. The van der Waals surface area contributed by atoms with Gasteiger partial charge in [0.05, 0.1) is 0 Å². The van der Waals surface area contributed by atoms with Gasteiger partial charge in [-0.25, -0.2) is 9.18 Å². The van der Waals surface area contributed by atoms with E-state index in [1.54, 1.807) is 31.1 Å². The van der Waals surface area contributed by atoms with Gasteiger partial charge >= 0.3 is 6.03 Å². The maximum atomic E-state index is 13.2. The zero-order valence-electron chi connectivity index (χ0n) is 13.0. The average molecular weight is 293 g/mol. The van der Waals surface area contributed by atoms with E-state index in [9.17, 15) is 9.18 Å². The fraction of sp³-hybridized carbons (Fsp3) is 0.562. The molecule has 1 aliphatic heterocycles. The van der Waals surface area contributed by atoms with Gasteiger partial charge in [0.1, 0.15) is 5.82 Å². The average Bonchev–Trinajstić information content (AvgIpc) is 2.47. The molecule has 1 heterocycles. The molecule has 21 heavy (non-hydrogen) atoms. The molecule has 1 aliphatic rings. The van der Waals surface area contributed by atoms with Crippen molar-refractivity contribution >= 4 is 6.03 Å². The molecule has 0 aromatic heterocycles. The Morgan fingerprint density at radius 2 is 2.05 bits per heavy atom. The summed E-state index contributed by atoms with van der Waals surface area (Å²) in [5, 5.41) is 3.53. The van der Waals surface area contributed by atoms with Gasteiger partial charge in [0.2, 0.25) is 0 Å². The monoisotopic (exact) mass is 293 g/mol. The van der Waals surface area contributed by atoms with E-state index in [-0.39, 0.29) is 17.9 Å². The van der Waals surface area contributed by atoms with Crippen LogP contribution in [0.15, 0.2) is 24.3 Å². The van der Waals surface area contributed by atoms with Crippen molar-refractivity contribution in [2.75, 3.05) is 27.2 Å². The molecule has 116 valence electrons. The third-order valence-corrected chi connectivity index (χ3v) is 3.98. The van der Waals surface area contributed by atoms with Crippen molar-refractivity contribution in [1.82, 2.24) is 15.1 Å². The van der Waals surface area contributed by atoms with E-state index in [1.807, 2.05) is 17.9 Å². The van der Waals surface area contributed by atoms with E-state index in [0.29, 0.717) is 6.04 Å². The van der Waals surface area contributed by atoms with Gasteiger partial charge in [-0.05, 0) is 37.5 Å². The number of carbonyl (C=O) groups excluding carboxylic acids is 1. The van der Waals surface area contributed by atoms with Gasteiger partial charge < -0.3 is 15.1 Å². The molecule has 0 spiro atoms. The first-order valence-electron chi connectivity index (χ1n) is 7.45. The Hall–Kier alpha value is -1.62. The van der Waals surface area contributed by atoms with Crippen molar-refractivity contribution < 1.29 is 9.18 Å². The van der Waals surface area contributed by atoms with Crippen molar-refractivity contribution in [3.8, 4) is 0 Å². The number of hydrogen-bond donors (Lipinski definition) is 1. The third-order valence-electron chi connectivity index (χ3n) is 3.98. The van der Waals surface area contributed by atoms with Crippen LogP contribution >= 0.6 is 0 Å². The number of halogens is 1. The van der Waals surface area contributed by atoms with E-state index in [4.69, 9.17) is 0 Å². The Labute approximate surface area is 125 Å². The summed E-state index contributed by atoms with van der Waals surface area (Å²) in [5.74, 6) is -0.201. The normalized spacial score (nSPS) is 17.6. The Bertz CT molecular complexity index is 484. The summed E-state index contributed by atoms with van der Waals surface area (Å²) >= 11 is 0. The van der Waals surface area contributed by atoms with Gasteiger partial charge in [0, 0.05) is 39.3 Å². The highest BCUT2D eigenvalue weighted by Gasteiger charge is 2.24. The minimum Gasteiger partial charge on any atom is -0.331 e. The number of piperidine rings is 1. The summed E-state index contributed by atoms with van der Waals surface area (Å²) in [4.78, 5) is 15.4. The van der Waals surface area contributed by atoms with Crippen LogP contribution in [0, 0.1) is 5.82 Å². The van der Waals surface area contributed by atoms with Crippen LogP contribution in [0.3, 0.4) is 0 Å². The maximum Gasteiger partial charge on any atom is 0.319 e. The van der Waals surface area contributed by atoms with Crippen molar-refractivity contribution in [1.29, 1.82) is 0 Å². The zero-order valence-corrected chi connectivity index (χ0v) is 13.0. The van der Waals surface area contributed by atoms with Crippen LogP contribution in [0.25, 0.3) is 0 Å². The largest absolute Gasteiger partial charge is 0.331 e. The first kappa shape index (κ1) is 15.8. The van der Waals surface area contributed by atoms with Crippen molar-refractivity contribution in [3.63, 3.8) is 0 Å². The van der Waals surface area contributed by atoms with Gasteiger partial charge in [0.25, 0.3) is 0 Å². The molecule has 0 unspecified atom stereocenters. The van der Waals surface area contributed by atoms with Crippen LogP contribution in [0.2, 0.25) is 0 Å². The number of amides is 2. The molecular formula is C16H24FN3O. The summed E-state index contributed by atoms with van der Waals surface area (Å²) in [6.07, 6.45) is 1.86. The number of likely N-dealkylation sites (tertiary alicyclic amines) is 1. The molecule has 0 saturated carbocycles. The number of nitrogens with zero attached hydrogens (tertiary/aromatic N) is 2. The predicted molar refractivity (Wildman–Crippen MR) is 81.6 cm³/mol. The fourth-order valence-corrected chi connectivity index (χ4v) is 2.75. The molecule has 2 amide bonds. The van der Waals surface area contributed by atoms with Crippen LogP contribution in [-0.4, -0.2) is 49.1 Å². The van der Waals surface area contributed by atoms with E-state index in [0.717, 1.165) is 31.5 Å². The number of rotatable bonds is 3. The highest BCUT2D eigenvalue weighted by Crippen LogP contribution is 2.18. The van der Waals surface area contributed by atoms with Crippen molar-refractivity contribution in [2.24, 2.45) is 0 Å². The molecule has 1 fully saturated rings. The van der Waals surface area contributed by atoms with Gasteiger partial charge in [-0.3, -0.25) is 0 Å². The zero-order chi connectivity index (χ0) is 15.4. The molecule has 0 radical (unpaired) electrons. The lowest BCUT2D eigenvalue weighted by atomic mass is 10.0. The first-order chi connectivity index (χ1) is 9.97. The molecule has 2 rings (SSSR count). The highest BCUT2D eigenvalue weighted by molar-refractivity contribution is 5.73. The minimum atomic E-state index is -0.201. The topological polar surface area (TPSA) is 35.6 Å². The standard InChI is InChI=1S/C16H24FN3O/c1-12(13-5-4-6-14(17)11-13)18-15-7-9-20(10-8-15)16(21)19(2)3/h4-6,11-12,15,18H,7-10H2,1-3H3/t12-/m0/s1. The minimum absolute atomic E-state index is 0.0756. The second kappa shape index (κ2) is 6.89. The summed E-state index contributed by atoms with van der Waals surface area (Å²) in [5.41, 5.74) is 0.960. The number of hydrogen-bond acceptors (Lipinski definition) is 2.